The Labute approximate surface area is 120 Å². The standard InChI is InChI=1S/C14H17F3N2O2/c1-10-3-2-6-19(8-10)13(20)11-4-5-12(18-7-11)21-9-14(15,16)17/h4-5,7,10H,2-3,6,8-9H2,1H3. The van der Waals surface area contributed by atoms with Gasteiger partial charge in [-0.2, -0.15) is 13.2 Å². The molecule has 0 bridgehead atoms. The number of hydrogen-bond donors (Lipinski definition) is 0. The average Bonchev–Trinajstić information content (AvgIpc) is 2.44. The molecule has 21 heavy (non-hydrogen) atoms. The molecule has 1 aromatic rings. The molecule has 0 spiro atoms. The Bertz CT molecular complexity index is 488. The summed E-state index contributed by atoms with van der Waals surface area (Å²) < 4.78 is 40.6. The van der Waals surface area contributed by atoms with Crippen molar-refractivity contribution in [3.63, 3.8) is 0 Å². The van der Waals surface area contributed by atoms with E-state index in [9.17, 15) is 18.0 Å². The Morgan fingerprint density at radius 3 is 2.81 bits per heavy atom. The molecule has 1 unspecified atom stereocenters. The molecule has 0 saturated carbocycles. The molecule has 1 aromatic heterocycles. The molecule has 1 atom stereocenters. The first-order valence-corrected chi connectivity index (χ1v) is 6.80. The lowest BCUT2D eigenvalue weighted by Crippen LogP contribution is -2.39. The number of piperidine rings is 1. The highest BCUT2D eigenvalue weighted by Crippen LogP contribution is 2.19. The van der Waals surface area contributed by atoms with Crippen molar-refractivity contribution in [2.45, 2.75) is 25.9 Å². The number of alkyl halides is 3. The zero-order valence-corrected chi connectivity index (χ0v) is 11.7. The van der Waals surface area contributed by atoms with Crippen molar-refractivity contribution >= 4 is 5.91 Å². The molecule has 1 aliphatic rings. The Hall–Kier alpha value is -1.79. The van der Waals surface area contributed by atoms with Crippen LogP contribution in [0.4, 0.5) is 13.2 Å². The van der Waals surface area contributed by atoms with E-state index in [4.69, 9.17) is 0 Å². The van der Waals surface area contributed by atoms with E-state index in [0.717, 1.165) is 12.8 Å². The lowest BCUT2D eigenvalue weighted by Gasteiger charge is -2.30. The van der Waals surface area contributed by atoms with Crippen LogP contribution in [-0.2, 0) is 0 Å². The number of rotatable bonds is 3. The zero-order valence-electron chi connectivity index (χ0n) is 11.7. The van der Waals surface area contributed by atoms with Crippen molar-refractivity contribution in [1.82, 2.24) is 9.88 Å². The predicted octanol–water partition coefficient (Wildman–Crippen LogP) is 2.89. The molecule has 1 amide bonds. The summed E-state index contributed by atoms with van der Waals surface area (Å²) in [6, 6.07) is 2.73. The van der Waals surface area contributed by atoms with Crippen LogP contribution in [0.25, 0.3) is 0 Å². The van der Waals surface area contributed by atoms with Gasteiger partial charge in [0.15, 0.2) is 6.61 Å². The number of hydrogen-bond acceptors (Lipinski definition) is 3. The summed E-state index contributed by atoms with van der Waals surface area (Å²) in [6.07, 6.45) is -1.08. The Morgan fingerprint density at radius 2 is 2.24 bits per heavy atom. The normalized spacial score (nSPS) is 19.4. The molecule has 0 radical (unpaired) electrons. The van der Waals surface area contributed by atoms with Gasteiger partial charge in [-0.05, 0) is 24.8 Å². The van der Waals surface area contributed by atoms with Gasteiger partial charge in [0, 0.05) is 25.4 Å². The van der Waals surface area contributed by atoms with Crippen molar-refractivity contribution in [2.75, 3.05) is 19.7 Å². The molecular weight excluding hydrogens is 285 g/mol. The highest BCUT2D eigenvalue weighted by molar-refractivity contribution is 5.94. The third kappa shape index (κ3) is 4.61. The van der Waals surface area contributed by atoms with E-state index in [1.54, 1.807) is 4.90 Å². The van der Waals surface area contributed by atoms with Gasteiger partial charge in [-0.15, -0.1) is 0 Å². The summed E-state index contributed by atoms with van der Waals surface area (Å²) in [4.78, 5) is 17.7. The molecule has 1 aliphatic heterocycles. The monoisotopic (exact) mass is 302 g/mol. The van der Waals surface area contributed by atoms with Gasteiger partial charge in [-0.1, -0.05) is 6.92 Å². The van der Waals surface area contributed by atoms with E-state index in [0.29, 0.717) is 24.6 Å². The van der Waals surface area contributed by atoms with Crippen LogP contribution >= 0.6 is 0 Å². The highest BCUT2D eigenvalue weighted by atomic mass is 19.4. The minimum absolute atomic E-state index is 0.142. The van der Waals surface area contributed by atoms with Gasteiger partial charge in [0.05, 0.1) is 5.56 Å². The fourth-order valence-electron chi connectivity index (χ4n) is 2.30. The van der Waals surface area contributed by atoms with Crippen LogP contribution in [0.2, 0.25) is 0 Å². The van der Waals surface area contributed by atoms with Crippen molar-refractivity contribution in [3.8, 4) is 5.88 Å². The predicted molar refractivity (Wildman–Crippen MR) is 70.1 cm³/mol. The minimum atomic E-state index is -4.40. The maximum Gasteiger partial charge on any atom is 0.422 e. The van der Waals surface area contributed by atoms with Crippen LogP contribution in [0.15, 0.2) is 18.3 Å². The van der Waals surface area contributed by atoms with Crippen molar-refractivity contribution < 1.29 is 22.7 Å². The molecule has 7 heteroatoms. The number of carbonyl (C=O) groups is 1. The van der Waals surface area contributed by atoms with Gasteiger partial charge in [0.1, 0.15) is 0 Å². The van der Waals surface area contributed by atoms with Gasteiger partial charge in [-0.25, -0.2) is 4.98 Å². The molecule has 2 heterocycles. The maximum atomic E-state index is 12.2. The quantitative estimate of drug-likeness (QED) is 0.862. The summed E-state index contributed by atoms with van der Waals surface area (Å²) in [6.45, 7) is 2.10. The lowest BCUT2D eigenvalue weighted by atomic mass is 10.00. The van der Waals surface area contributed by atoms with E-state index in [-0.39, 0.29) is 11.8 Å². The van der Waals surface area contributed by atoms with Gasteiger partial charge in [0.2, 0.25) is 5.88 Å². The first kappa shape index (κ1) is 15.6. The van der Waals surface area contributed by atoms with Crippen LogP contribution < -0.4 is 4.74 Å². The molecule has 0 aromatic carbocycles. The third-order valence-corrected chi connectivity index (χ3v) is 3.31. The zero-order chi connectivity index (χ0) is 15.5. The number of pyridine rings is 1. The van der Waals surface area contributed by atoms with Crippen LogP contribution in [0.1, 0.15) is 30.1 Å². The van der Waals surface area contributed by atoms with E-state index >= 15 is 0 Å². The second-order valence-corrected chi connectivity index (χ2v) is 5.29. The fraction of sp³-hybridized carbons (Fsp3) is 0.571. The number of ether oxygens (including phenoxy) is 1. The second kappa shape index (κ2) is 6.32. The summed E-state index contributed by atoms with van der Waals surface area (Å²) in [5.41, 5.74) is 0.364. The van der Waals surface area contributed by atoms with E-state index in [2.05, 4.69) is 16.6 Å². The topological polar surface area (TPSA) is 42.4 Å². The summed E-state index contributed by atoms with van der Waals surface area (Å²) in [5, 5.41) is 0. The molecular formula is C14H17F3N2O2. The first-order chi connectivity index (χ1) is 9.85. The number of nitrogens with zero attached hydrogens (tertiary/aromatic N) is 2. The molecule has 4 nitrogen and oxygen atoms in total. The molecule has 0 N–H and O–H groups in total. The van der Waals surface area contributed by atoms with Crippen LogP contribution in [-0.4, -0.2) is 41.7 Å². The SMILES string of the molecule is CC1CCCN(C(=O)c2ccc(OCC(F)(F)F)nc2)C1. The van der Waals surface area contributed by atoms with Crippen LogP contribution in [0.3, 0.4) is 0 Å². The smallest absolute Gasteiger partial charge is 0.422 e. The Morgan fingerprint density at radius 1 is 1.48 bits per heavy atom. The van der Waals surface area contributed by atoms with Gasteiger partial charge >= 0.3 is 6.18 Å². The Balaban J connectivity index is 1.96. The van der Waals surface area contributed by atoms with E-state index < -0.39 is 12.8 Å². The number of halogens is 3. The third-order valence-electron chi connectivity index (χ3n) is 3.31. The van der Waals surface area contributed by atoms with E-state index in [1.165, 1.54) is 18.3 Å². The minimum Gasteiger partial charge on any atom is -0.468 e. The summed E-state index contributed by atoms with van der Waals surface area (Å²) in [5.74, 6) is 0.178. The lowest BCUT2D eigenvalue weighted by molar-refractivity contribution is -0.154. The van der Waals surface area contributed by atoms with Crippen LogP contribution in [0.5, 0.6) is 5.88 Å². The van der Waals surface area contributed by atoms with Gasteiger partial charge < -0.3 is 9.64 Å². The molecule has 1 fully saturated rings. The van der Waals surface area contributed by atoms with Gasteiger partial charge in [0.25, 0.3) is 5.91 Å². The van der Waals surface area contributed by atoms with Crippen LogP contribution in [0, 0.1) is 5.92 Å². The number of likely N-dealkylation sites (tertiary alicyclic amines) is 1. The van der Waals surface area contributed by atoms with Crippen molar-refractivity contribution in [2.24, 2.45) is 5.92 Å². The number of aromatic nitrogens is 1. The summed E-state index contributed by atoms with van der Waals surface area (Å²) in [7, 11) is 0. The van der Waals surface area contributed by atoms with E-state index in [1.807, 2.05) is 0 Å². The molecule has 2 rings (SSSR count). The number of carbonyl (C=O) groups excluding carboxylic acids is 1. The first-order valence-electron chi connectivity index (χ1n) is 6.80. The molecule has 0 aliphatic carbocycles. The summed E-state index contributed by atoms with van der Waals surface area (Å²) >= 11 is 0. The maximum absolute atomic E-state index is 12.2. The fourth-order valence-corrected chi connectivity index (χ4v) is 2.30. The highest BCUT2D eigenvalue weighted by Gasteiger charge is 2.28. The molecule has 116 valence electrons. The largest absolute Gasteiger partial charge is 0.468 e. The number of amides is 1. The molecule has 1 saturated heterocycles. The average molecular weight is 302 g/mol. The Kier molecular flexibility index (Phi) is 4.69. The van der Waals surface area contributed by atoms with Crippen molar-refractivity contribution in [1.29, 1.82) is 0 Å². The second-order valence-electron chi connectivity index (χ2n) is 5.29. The van der Waals surface area contributed by atoms with Gasteiger partial charge in [-0.3, -0.25) is 4.79 Å². The van der Waals surface area contributed by atoms with Crippen molar-refractivity contribution in [3.05, 3.63) is 23.9 Å².